The molecule has 0 saturated carbocycles. The van der Waals surface area contributed by atoms with Crippen LogP contribution in [0.5, 0.6) is 11.5 Å². The van der Waals surface area contributed by atoms with Crippen LogP contribution in [0.15, 0.2) is 54.6 Å². The number of hydrogen-bond donors (Lipinski definition) is 2. The third kappa shape index (κ3) is 4.29. The average molecular weight is 340 g/mol. The minimum atomic E-state index is -0.690. The normalized spacial score (nSPS) is 16.6. The van der Waals surface area contributed by atoms with Gasteiger partial charge < -0.3 is 20.1 Å². The summed E-state index contributed by atoms with van der Waals surface area (Å²) in [6.45, 7) is 2.34. The SMILES string of the molecule is C[C@H](NC(=O)C(=O)NC[C@H]1COc2ccccc2O1)c1ccccc1. The lowest BCUT2D eigenvalue weighted by Crippen LogP contribution is -2.46. The first-order valence-corrected chi connectivity index (χ1v) is 8.15. The number of benzene rings is 2. The topological polar surface area (TPSA) is 76.7 Å². The van der Waals surface area contributed by atoms with E-state index in [2.05, 4.69) is 10.6 Å². The van der Waals surface area contributed by atoms with Crippen LogP contribution in [0.3, 0.4) is 0 Å². The number of hydrogen-bond acceptors (Lipinski definition) is 4. The third-order valence-electron chi connectivity index (χ3n) is 3.91. The van der Waals surface area contributed by atoms with E-state index in [-0.39, 0.29) is 18.7 Å². The molecule has 0 fully saturated rings. The molecule has 0 bridgehead atoms. The number of amides is 2. The number of rotatable bonds is 4. The summed E-state index contributed by atoms with van der Waals surface area (Å²) in [5, 5.41) is 5.26. The zero-order valence-electron chi connectivity index (χ0n) is 13.9. The predicted octanol–water partition coefficient (Wildman–Crippen LogP) is 1.82. The molecule has 1 heterocycles. The van der Waals surface area contributed by atoms with Crippen molar-refractivity contribution >= 4 is 11.8 Å². The summed E-state index contributed by atoms with van der Waals surface area (Å²) >= 11 is 0. The molecular weight excluding hydrogens is 320 g/mol. The quantitative estimate of drug-likeness (QED) is 0.833. The Morgan fingerprint density at radius 1 is 1.04 bits per heavy atom. The first-order valence-electron chi connectivity index (χ1n) is 8.15. The van der Waals surface area contributed by atoms with Gasteiger partial charge in [-0.1, -0.05) is 42.5 Å². The highest BCUT2D eigenvalue weighted by atomic mass is 16.6. The lowest BCUT2D eigenvalue weighted by Gasteiger charge is -2.26. The van der Waals surface area contributed by atoms with Crippen molar-refractivity contribution < 1.29 is 19.1 Å². The van der Waals surface area contributed by atoms with Crippen LogP contribution in [0.4, 0.5) is 0 Å². The molecule has 0 aliphatic carbocycles. The summed E-state index contributed by atoms with van der Waals surface area (Å²) in [7, 11) is 0. The maximum Gasteiger partial charge on any atom is 0.309 e. The van der Waals surface area contributed by atoms with Gasteiger partial charge in [-0.2, -0.15) is 0 Å². The maximum atomic E-state index is 12.0. The van der Waals surface area contributed by atoms with Gasteiger partial charge in [-0.05, 0) is 24.6 Å². The van der Waals surface area contributed by atoms with Crippen molar-refractivity contribution in [3.8, 4) is 11.5 Å². The van der Waals surface area contributed by atoms with Crippen LogP contribution in [-0.4, -0.2) is 31.1 Å². The van der Waals surface area contributed by atoms with Gasteiger partial charge in [0.2, 0.25) is 0 Å². The molecule has 0 unspecified atom stereocenters. The zero-order valence-corrected chi connectivity index (χ0v) is 13.9. The summed E-state index contributed by atoms with van der Waals surface area (Å²) < 4.78 is 11.3. The van der Waals surface area contributed by atoms with Crippen LogP contribution in [0.1, 0.15) is 18.5 Å². The van der Waals surface area contributed by atoms with Gasteiger partial charge >= 0.3 is 11.8 Å². The summed E-state index contributed by atoms with van der Waals surface area (Å²) in [6.07, 6.45) is -0.335. The maximum absolute atomic E-state index is 12.0. The van der Waals surface area contributed by atoms with Crippen LogP contribution < -0.4 is 20.1 Å². The molecule has 6 heteroatoms. The molecule has 0 aromatic heterocycles. The minimum absolute atomic E-state index is 0.195. The summed E-state index contributed by atoms with van der Waals surface area (Å²) in [6, 6.07) is 16.5. The van der Waals surface area contributed by atoms with Crippen molar-refractivity contribution in [2.45, 2.75) is 19.1 Å². The van der Waals surface area contributed by atoms with E-state index in [0.29, 0.717) is 18.1 Å². The van der Waals surface area contributed by atoms with Crippen LogP contribution >= 0.6 is 0 Å². The van der Waals surface area contributed by atoms with E-state index < -0.39 is 11.8 Å². The van der Waals surface area contributed by atoms with E-state index in [1.807, 2.05) is 55.5 Å². The number of fused-ring (bicyclic) bond motifs is 1. The highest BCUT2D eigenvalue weighted by molar-refractivity contribution is 6.35. The average Bonchev–Trinajstić information content (AvgIpc) is 2.66. The highest BCUT2D eigenvalue weighted by Crippen LogP contribution is 2.30. The molecule has 2 atom stereocenters. The van der Waals surface area contributed by atoms with Crippen molar-refractivity contribution in [1.82, 2.24) is 10.6 Å². The Hall–Kier alpha value is -3.02. The second-order valence-electron chi connectivity index (χ2n) is 5.81. The lowest BCUT2D eigenvalue weighted by molar-refractivity contribution is -0.139. The Morgan fingerprint density at radius 2 is 1.72 bits per heavy atom. The van der Waals surface area contributed by atoms with Crippen LogP contribution in [0, 0.1) is 0 Å². The van der Waals surface area contributed by atoms with Gasteiger partial charge in [0.15, 0.2) is 11.5 Å². The Bertz CT molecular complexity index is 748. The Balaban J connectivity index is 1.47. The van der Waals surface area contributed by atoms with E-state index in [1.165, 1.54) is 0 Å². The molecule has 0 saturated heterocycles. The van der Waals surface area contributed by atoms with E-state index >= 15 is 0 Å². The van der Waals surface area contributed by atoms with E-state index in [4.69, 9.17) is 9.47 Å². The molecule has 0 spiro atoms. The molecule has 2 amide bonds. The van der Waals surface area contributed by atoms with Crippen molar-refractivity contribution in [3.05, 3.63) is 60.2 Å². The molecular formula is C19H20N2O4. The largest absolute Gasteiger partial charge is 0.486 e. The number of para-hydroxylation sites is 2. The highest BCUT2D eigenvalue weighted by Gasteiger charge is 2.23. The smallest absolute Gasteiger partial charge is 0.309 e. The Morgan fingerprint density at radius 3 is 2.48 bits per heavy atom. The van der Waals surface area contributed by atoms with Crippen molar-refractivity contribution in [3.63, 3.8) is 0 Å². The van der Waals surface area contributed by atoms with Crippen LogP contribution in [0.25, 0.3) is 0 Å². The molecule has 2 aromatic carbocycles. The Kier molecular flexibility index (Phi) is 5.18. The van der Waals surface area contributed by atoms with Crippen molar-refractivity contribution in [2.24, 2.45) is 0 Å². The van der Waals surface area contributed by atoms with E-state index in [9.17, 15) is 9.59 Å². The second-order valence-corrected chi connectivity index (χ2v) is 5.81. The van der Waals surface area contributed by atoms with Crippen LogP contribution in [0.2, 0.25) is 0 Å². The van der Waals surface area contributed by atoms with Crippen LogP contribution in [-0.2, 0) is 9.59 Å². The summed E-state index contributed by atoms with van der Waals surface area (Å²) in [4.78, 5) is 24.0. The predicted molar refractivity (Wildman–Crippen MR) is 92.4 cm³/mol. The number of carbonyl (C=O) groups excluding carboxylic acids is 2. The van der Waals surface area contributed by atoms with Gasteiger partial charge in [-0.3, -0.25) is 9.59 Å². The van der Waals surface area contributed by atoms with Gasteiger partial charge in [0.1, 0.15) is 12.7 Å². The first-order chi connectivity index (χ1) is 12.1. The number of ether oxygens (including phenoxy) is 2. The lowest BCUT2D eigenvalue weighted by atomic mass is 10.1. The van der Waals surface area contributed by atoms with Crippen molar-refractivity contribution in [2.75, 3.05) is 13.2 Å². The first kappa shape index (κ1) is 16.8. The second kappa shape index (κ2) is 7.70. The third-order valence-corrected chi connectivity index (χ3v) is 3.91. The molecule has 3 rings (SSSR count). The summed E-state index contributed by atoms with van der Waals surface area (Å²) in [5.74, 6) is -0.0478. The zero-order chi connectivity index (χ0) is 17.6. The fourth-order valence-corrected chi connectivity index (χ4v) is 2.54. The van der Waals surface area contributed by atoms with E-state index in [1.54, 1.807) is 6.07 Å². The number of nitrogens with one attached hydrogen (secondary N) is 2. The standard InChI is InChI=1S/C19H20N2O4/c1-13(14-7-3-2-4-8-14)21-19(23)18(22)20-11-15-12-24-16-9-5-6-10-17(16)25-15/h2-10,13,15H,11-12H2,1H3,(H,20,22)(H,21,23)/t13-,15-/m0/s1. The number of carbonyl (C=O) groups is 2. The fourth-order valence-electron chi connectivity index (χ4n) is 2.54. The fraction of sp³-hybridized carbons (Fsp3) is 0.263. The summed E-state index contributed by atoms with van der Waals surface area (Å²) in [5.41, 5.74) is 0.935. The molecule has 25 heavy (non-hydrogen) atoms. The van der Waals surface area contributed by atoms with Gasteiger partial charge in [-0.25, -0.2) is 0 Å². The van der Waals surface area contributed by atoms with Gasteiger partial charge in [-0.15, -0.1) is 0 Å². The molecule has 130 valence electrons. The van der Waals surface area contributed by atoms with Gasteiger partial charge in [0.25, 0.3) is 0 Å². The Labute approximate surface area is 146 Å². The molecule has 2 aromatic rings. The molecule has 1 aliphatic rings. The molecule has 6 nitrogen and oxygen atoms in total. The molecule has 1 aliphatic heterocycles. The molecule has 2 N–H and O–H groups in total. The van der Waals surface area contributed by atoms with Gasteiger partial charge in [0, 0.05) is 0 Å². The van der Waals surface area contributed by atoms with Gasteiger partial charge in [0.05, 0.1) is 12.6 Å². The minimum Gasteiger partial charge on any atom is -0.486 e. The molecule has 0 radical (unpaired) electrons. The van der Waals surface area contributed by atoms with Crippen molar-refractivity contribution in [1.29, 1.82) is 0 Å². The monoisotopic (exact) mass is 340 g/mol. The van der Waals surface area contributed by atoms with E-state index in [0.717, 1.165) is 5.56 Å².